The molecule has 6 heteroatoms. The number of para-hydroxylation sites is 1. The normalized spacial score (nSPS) is 10.7. The van der Waals surface area contributed by atoms with E-state index in [9.17, 15) is 0 Å². The lowest BCUT2D eigenvalue weighted by molar-refractivity contribution is 0.311. The number of methoxy groups -OCH3 is 2. The number of nitrogens with one attached hydrogen (secondary N) is 1. The van der Waals surface area contributed by atoms with E-state index < -0.39 is 0 Å². The standard InChI is InChI=1S/C18H21ClN2O3/c1-4-24-18-15(19)9-13(10-17(18)23-3)11-20-21-12-14-7-5-6-8-16(14)22-2/h5-11,21H,4,12H2,1-3H3/b20-11-. The van der Waals surface area contributed by atoms with E-state index in [1.165, 1.54) is 0 Å². The molecule has 0 amide bonds. The number of hydrazone groups is 1. The average molecular weight is 349 g/mol. The Hall–Kier alpha value is -2.40. The van der Waals surface area contributed by atoms with Crippen LogP contribution in [0.2, 0.25) is 5.02 Å². The van der Waals surface area contributed by atoms with Crippen LogP contribution in [-0.2, 0) is 6.54 Å². The molecule has 0 fully saturated rings. The van der Waals surface area contributed by atoms with Gasteiger partial charge in [-0.1, -0.05) is 29.8 Å². The molecule has 0 aliphatic rings. The largest absolute Gasteiger partial charge is 0.496 e. The molecule has 0 spiro atoms. The molecule has 2 aromatic carbocycles. The fraction of sp³-hybridized carbons (Fsp3) is 0.278. The number of rotatable bonds is 8. The SMILES string of the molecule is CCOc1c(Cl)cc(/C=N\NCc2ccccc2OC)cc1OC. The van der Waals surface area contributed by atoms with Crippen molar-refractivity contribution >= 4 is 17.8 Å². The van der Waals surface area contributed by atoms with Gasteiger partial charge in [0.2, 0.25) is 0 Å². The van der Waals surface area contributed by atoms with Crippen LogP contribution in [-0.4, -0.2) is 27.0 Å². The van der Waals surface area contributed by atoms with E-state index in [2.05, 4.69) is 10.5 Å². The van der Waals surface area contributed by atoms with E-state index in [1.54, 1.807) is 26.5 Å². The third-order valence-corrected chi connectivity index (χ3v) is 3.59. The Morgan fingerprint density at radius 1 is 1.12 bits per heavy atom. The van der Waals surface area contributed by atoms with Gasteiger partial charge in [0, 0.05) is 5.56 Å². The maximum absolute atomic E-state index is 6.24. The van der Waals surface area contributed by atoms with E-state index in [-0.39, 0.29) is 0 Å². The second-order valence-corrected chi connectivity index (χ2v) is 5.28. The highest BCUT2D eigenvalue weighted by molar-refractivity contribution is 6.32. The van der Waals surface area contributed by atoms with Crippen molar-refractivity contribution in [3.8, 4) is 17.2 Å². The van der Waals surface area contributed by atoms with Gasteiger partial charge in [-0.25, -0.2) is 0 Å². The predicted octanol–water partition coefficient (Wildman–Crippen LogP) is 3.88. The maximum Gasteiger partial charge on any atom is 0.179 e. The first kappa shape index (κ1) is 17.9. The van der Waals surface area contributed by atoms with Gasteiger partial charge in [0.25, 0.3) is 0 Å². The van der Waals surface area contributed by atoms with E-state index in [0.29, 0.717) is 29.7 Å². The molecule has 0 heterocycles. The van der Waals surface area contributed by atoms with Gasteiger partial charge >= 0.3 is 0 Å². The number of nitrogens with zero attached hydrogens (tertiary/aromatic N) is 1. The quantitative estimate of drug-likeness (QED) is 0.581. The molecular formula is C18H21ClN2O3. The van der Waals surface area contributed by atoms with Crippen LogP contribution >= 0.6 is 11.6 Å². The summed E-state index contributed by atoms with van der Waals surface area (Å²) in [5.41, 5.74) is 4.84. The summed E-state index contributed by atoms with van der Waals surface area (Å²) >= 11 is 6.24. The molecule has 0 aliphatic heterocycles. The van der Waals surface area contributed by atoms with Crippen LogP contribution in [0, 0.1) is 0 Å². The van der Waals surface area contributed by atoms with Crippen molar-refractivity contribution in [2.75, 3.05) is 20.8 Å². The third kappa shape index (κ3) is 4.55. The van der Waals surface area contributed by atoms with Crippen molar-refractivity contribution in [2.24, 2.45) is 5.10 Å². The minimum absolute atomic E-state index is 0.488. The number of benzene rings is 2. The summed E-state index contributed by atoms with van der Waals surface area (Å²) in [6, 6.07) is 11.4. The maximum atomic E-state index is 6.24. The summed E-state index contributed by atoms with van der Waals surface area (Å²) in [6.45, 7) is 2.97. The second-order valence-electron chi connectivity index (χ2n) is 4.87. The Bertz CT molecular complexity index is 705. The van der Waals surface area contributed by atoms with Crippen molar-refractivity contribution in [2.45, 2.75) is 13.5 Å². The molecular weight excluding hydrogens is 328 g/mol. The lowest BCUT2D eigenvalue weighted by Crippen LogP contribution is -2.07. The summed E-state index contributed by atoms with van der Waals surface area (Å²) in [5.74, 6) is 1.95. The van der Waals surface area contributed by atoms with Gasteiger partial charge in [0.1, 0.15) is 5.75 Å². The van der Waals surface area contributed by atoms with Gasteiger partial charge in [-0.05, 0) is 30.7 Å². The Morgan fingerprint density at radius 3 is 2.58 bits per heavy atom. The minimum Gasteiger partial charge on any atom is -0.496 e. The second kappa shape index (κ2) is 9.03. The van der Waals surface area contributed by atoms with E-state index in [1.807, 2.05) is 37.3 Å². The molecule has 0 aliphatic carbocycles. The molecule has 0 aromatic heterocycles. The zero-order chi connectivity index (χ0) is 17.4. The zero-order valence-corrected chi connectivity index (χ0v) is 14.8. The number of halogens is 1. The van der Waals surface area contributed by atoms with Crippen molar-refractivity contribution in [3.05, 3.63) is 52.5 Å². The fourth-order valence-corrected chi connectivity index (χ4v) is 2.47. The third-order valence-electron chi connectivity index (χ3n) is 3.31. The van der Waals surface area contributed by atoms with Crippen LogP contribution in [0.25, 0.3) is 0 Å². The first-order chi connectivity index (χ1) is 11.7. The molecule has 1 N–H and O–H groups in total. The van der Waals surface area contributed by atoms with Crippen LogP contribution in [0.3, 0.4) is 0 Å². The molecule has 24 heavy (non-hydrogen) atoms. The molecule has 0 unspecified atom stereocenters. The molecule has 2 rings (SSSR count). The summed E-state index contributed by atoms with van der Waals surface area (Å²) in [7, 11) is 3.23. The molecule has 0 bridgehead atoms. The van der Waals surface area contributed by atoms with Gasteiger partial charge in [-0.2, -0.15) is 5.10 Å². The fourth-order valence-electron chi connectivity index (χ4n) is 2.20. The molecule has 0 saturated carbocycles. The van der Waals surface area contributed by atoms with Crippen LogP contribution in [0.5, 0.6) is 17.2 Å². The topological polar surface area (TPSA) is 52.1 Å². The zero-order valence-electron chi connectivity index (χ0n) is 14.0. The van der Waals surface area contributed by atoms with Crippen molar-refractivity contribution in [1.29, 1.82) is 0 Å². The summed E-state index contributed by atoms with van der Waals surface area (Å²) < 4.78 is 16.1. The van der Waals surface area contributed by atoms with E-state index in [0.717, 1.165) is 16.9 Å². The molecule has 0 saturated heterocycles. The van der Waals surface area contributed by atoms with Crippen LogP contribution in [0.1, 0.15) is 18.1 Å². The average Bonchev–Trinajstić information content (AvgIpc) is 2.61. The van der Waals surface area contributed by atoms with Crippen molar-refractivity contribution in [3.63, 3.8) is 0 Å². The lowest BCUT2D eigenvalue weighted by atomic mass is 10.2. The molecule has 2 aromatic rings. The van der Waals surface area contributed by atoms with E-state index >= 15 is 0 Å². The van der Waals surface area contributed by atoms with Gasteiger partial charge in [-0.15, -0.1) is 0 Å². The van der Waals surface area contributed by atoms with Crippen LogP contribution in [0.15, 0.2) is 41.5 Å². The number of hydrogen-bond donors (Lipinski definition) is 1. The first-order valence-electron chi connectivity index (χ1n) is 7.57. The van der Waals surface area contributed by atoms with Gasteiger partial charge in [0.15, 0.2) is 11.5 Å². The van der Waals surface area contributed by atoms with Crippen molar-refractivity contribution < 1.29 is 14.2 Å². The van der Waals surface area contributed by atoms with Crippen LogP contribution < -0.4 is 19.6 Å². The Kier molecular flexibility index (Phi) is 6.75. The van der Waals surface area contributed by atoms with Gasteiger partial charge in [-0.3, -0.25) is 0 Å². The highest BCUT2D eigenvalue weighted by Gasteiger charge is 2.10. The minimum atomic E-state index is 0.488. The first-order valence-corrected chi connectivity index (χ1v) is 7.95. The lowest BCUT2D eigenvalue weighted by Gasteiger charge is -2.11. The summed E-state index contributed by atoms with van der Waals surface area (Å²) in [5, 5.41) is 4.71. The smallest absolute Gasteiger partial charge is 0.179 e. The summed E-state index contributed by atoms with van der Waals surface area (Å²) in [4.78, 5) is 0. The van der Waals surface area contributed by atoms with Gasteiger partial charge < -0.3 is 19.6 Å². The number of hydrogen-bond acceptors (Lipinski definition) is 5. The molecule has 0 radical (unpaired) electrons. The monoisotopic (exact) mass is 348 g/mol. The van der Waals surface area contributed by atoms with Gasteiger partial charge in [0.05, 0.1) is 38.6 Å². The highest BCUT2D eigenvalue weighted by Crippen LogP contribution is 2.35. The van der Waals surface area contributed by atoms with Crippen LogP contribution in [0.4, 0.5) is 0 Å². The highest BCUT2D eigenvalue weighted by atomic mass is 35.5. The molecule has 5 nitrogen and oxygen atoms in total. The summed E-state index contributed by atoms with van der Waals surface area (Å²) in [6.07, 6.45) is 1.68. The Labute approximate surface area is 147 Å². The Morgan fingerprint density at radius 2 is 1.88 bits per heavy atom. The molecule has 0 atom stereocenters. The van der Waals surface area contributed by atoms with Crippen molar-refractivity contribution in [1.82, 2.24) is 5.43 Å². The Balaban J connectivity index is 2.05. The molecule has 128 valence electrons. The van der Waals surface area contributed by atoms with E-state index in [4.69, 9.17) is 25.8 Å². The predicted molar refractivity (Wildman–Crippen MR) is 96.6 cm³/mol. The number of ether oxygens (including phenoxy) is 3.